The molecule has 3 heteroatoms. The Labute approximate surface area is 106 Å². The van der Waals surface area contributed by atoms with Gasteiger partial charge in [-0.25, -0.2) is 0 Å². The van der Waals surface area contributed by atoms with Crippen LogP contribution in [0, 0.1) is 13.8 Å². The van der Waals surface area contributed by atoms with E-state index in [1.165, 1.54) is 11.1 Å². The molecule has 0 spiro atoms. The normalized spacial score (nSPS) is 12.8. The van der Waals surface area contributed by atoms with Gasteiger partial charge in [0.15, 0.2) is 0 Å². The third-order valence-electron chi connectivity index (χ3n) is 3.48. The van der Waals surface area contributed by atoms with Crippen molar-refractivity contribution in [1.82, 2.24) is 0 Å². The molecule has 0 fully saturated rings. The average Bonchev–Trinajstić information content (AvgIpc) is 2.67. The number of aliphatic carboxylic acids is 1. The second kappa shape index (κ2) is 4.84. The Morgan fingerprint density at radius 2 is 2.06 bits per heavy atom. The van der Waals surface area contributed by atoms with Crippen LogP contribution in [0.25, 0.3) is 11.0 Å². The minimum Gasteiger partial charge on any atom is -0.481 e. The average molecular weight is 246 g/mol. The first-order valence-corrected chi connectivity index (χ1v) is 6.19. The van der Waals surface area contributed by atoms with Gasteiger partial charge in [0.05, 0.1) is 6.26 Å². The van der Waals surface area contributed by atoms with Gasteiger partial charge in [-0.05, 0) is 55.0 Å². The summed E-state index contributed by atoms with van der Waals surface area (Å²) in [6.45, 7) is 6.16. The highest BCUT2D eigenvalue weighted by Gasteiger charge is 2.13. The van der Waals surface area contributed by atoms with E-state index >= 15 is 0 Å². The first-order valence-electron chi connectivity index (χ1n) is 6.19. The Morgan fingerprint density at radius 3 is 2.72 bits per heavy atom. The molecule has 0 aliphatic heterocycles. The van der Waals surface area contributed by atoms with Crippen molar-refractivity contribution < 1.29 is 14.3 Å². The lowest BCUT2D eigenvalue weighted by Crippen LogP contribution is -2.01. The number of benzene rings is 1. The van der Waals surface area contributed by atoms with E-state index in [0.717, 1.165) is 16.5 Å². The third-order valence-corrected chi connectivity index (χ3v) is 3.48. The molecular weight excluding hydrogens is 228 g/mol. The van der Waals surface area contributed by atoms with Crippen molar-refractivity contribution in [3.8, 4) is 0 Å². The molecule has 96 valence electrons. The summed E-state index contributed by atoms with van der Waals surface area (Å²) < 4.78 is 5.50. The topological polar surface area (TPSA) is 50.4 Å². The number of rotatable bonds is 4. The van der Waals surface area contributed by atoms with Crippen molar-refractivity contribution >= 4 is 16.9 Å². The minimum atomic E-state index is -0.741. The lowest BCUT2D eigenvalue weighted by molar-refractivity contribution is -0.137. The van der Waals surface area contributed by atoms with Crippen LogP contribution in [-0.2, 0) is 4.79 Å². The van der Waals surface area contributed by atoms with Crippen molar-refractivity contribution in [2.75, 3.05) is 0 Å². The van der Waals surface area contributed by atoms with Gasteiger partial charge in [0.25, 0.3) is 0 Å². The second-order valence-electron chi connectivity index (χ2n) is 4.96. The zero-order chi connectivity index (χ0) is 13.3. The zero-order valence-corrected chi connectivity index (χ0v) is 11.0. The van der Waals surface area contributed by atoms with Crippen LogP contribution in [0.4, 0.5) is 0 Å². The third kappa shape index (κ3) is 2.40. The zero-order valence-electron chi connectivity index (χ0n) is 11.0. The number of hydrogen-bond donors (Lipinski definition) is 1. The molecule has 0 radical (unpaired) electrons. The molecule has 1 aromatic heterocycles. The van der Waals surface area contributed by atoms with E-state index in [9.17, 15) is 4.79 Å². The van der Waals surface area contributed by atoms with Crippen LogP contribution >= 0.6 is 0 Å². The lowest BCUT2D eigenvalue weighted by atomic mass is 9.91. The molecule has 0 saturated heterocycles. The van der Waals surface area contributed by atoms with Gasteiger partial charge in [0, 0.05) is 11.8 Å². The maximum absolute atomic E-state index is 10.6. The van der Waals surface area contributed by atoms with E-state index in [4.69, 9.17) is 9.52 Å². The molecule has 0 unspecified atom stereocenters. The molecule has 2 rings (SSSR count). The summed E-state index contributed by atoms with van der Waals surface area (Å²) in [4.78, 5) is 10.6. The highest BCUT2D eigenvalue weighted by Crippen LogP contribution is 2.30. The summed E-state index contributed by atoms with van der Waals surface area (Å²) in [6, 6.07) is 4.17. The van der Waals surface area contributed by atoms with Crippen LogP contribution in [0.1, 0.15) is 42.4 Å². The summed E-state index contributed by atoms with van der Waals surface area (Å²) in [5.41, 5.74) is 4.40. The number of furan rings is 1. The van der Waals surface area contributed by atoms with Gasteiger partial charge in [-0.1, -0.05) is 6.92 Å². The van der Waals surface area contributed by atoms with Crippen LogP contribution in [0.3, 0.4) is 0 Å². The summed E-state index contributed by atoms with van der Waals surface area (Å²) in [6.07, 6.45) is 2.62. The molecule has 0 saturated carbocycles. The number of fused-ring (bicyclic) bond motifs is 1. The Balaban J connectivity index is 2.32. The van der Waals surface area contributed by atoms with Crippen molar-refractivity contribution in [2.24, 2.45) is 0 Å². The smallest absolute Gasteiger partial charge is 0.303 e. The summed E-state index contributed by atoms with van der Waals surface area (Å²) in [5.74, 6) is -0.509. The first-order chi connectivity index (χ1) is 8.49. The van der Waals surface area contributed by atoms with Gasteiger partial charge in [-0.3, -0.25) is 4.79 Å². The van der Waals surface area contributed by atoms with Gasteiger partial charge in [-0.2, -0.15) is 0 Å². The van der Waals surface area contributed by atoms with Gasteiger partial charge in [0.2, 0.25) is 0 Å². The Kier molecular flexibility index (Phi) is 3.41. The maximum Gasteiger partial charge on any atom is 0.303 e. The number of carboxylic acid groups (broad SMARTS) is 1. The molecule has 1 N–H and O–H groups in total. The lowest BCUT2D eigenvalue weighted by Gasteiger charge is -2.13. The van der Waals surface area contributed by atoms with Gasteiger partial charge in [-0.15, -0.1) is 0 Å². The van der Waals surface area contributed by atoms with Gasteiger partial charge in [0.1, 0.15) is 5.58 Å². The molecule has 3 nitrogen and oxygen atoms in total. The molecule has 18 heavy (non-hydrogen) atoms. The summed E-state index contributed by atoms with van der Waals surface area (Å²) in [7, 11) is 0. The second-order valence-corrected chi connectivity index (χ2v) is 4.96. The SMILES string of the molecule is Cc1cc2c(C)coc2cc1[C@H](C)CCC(=O)O. The monoisotopic (exact) mass is 246 g/mol. The fourth-order valence-electron chi connectivity index (χ4n) is 2.35. The number of hydrogen-bond acceptors (Lipinski definition) is 2. The predicted molar refractivity (Wildman–Crippen MR) is 71.0 cm³/mol. The molecule has 0 aliphatic carbocycles. The molecular formula is C15H18O3. The molecule has 1 atom stereocenters. The maximum atomic E-state index is 10.6. The van der Waals surface area contributed by atoms with E-state index < -0.39 is 5.97 Å². The van der Waals surface area contributed by atoms with E-state index in [2.05, 4.69) is 19.9 Å². The molecule has 0 amide bonds. The highest BCUT2D eigenvalue weighted by molar-refractivity contribution is 5.82. The Bertz CT molecular complexity index is 581. The van der Waals surface area contributed by atoms with Crippen LogP contribution in [-0.4, -0.2) is 11.1 Å². The minimum absolute atomic E-state index is 0.204. The van der Waals surface area contributed by atoms with Crippen LogP contribution in [0.2, 0.25) is 0 Å². The Morgan fingerprint density at radius 1 is 1.33 bits per heavy atom. The molecule has 0 aliphatic rings. The quantitative estimate of drug-likeness (QED) is 0.886. The highest BCUT2D eigenvalue weighted by atomic mass is 16.4. The van der Waals surface area contributed by atoms with Crippen LogP contribution in [0.5, 0.6) is 0 Å². The van der Waals surface area contributed by atoms with Crippen molar-refractivity contribution in [3.05, 3.63) is 35.1 Å². The molecule has 1 aromatic carbocycles. The van der Waals surface area contributed by atoms with Crippen molar-refractivity contribution in [1.29, 1.82) is 0 Å². The fraction of sp³-hybridized carbons (Fsp3) is 0.400. The Hall–Kier alpha value is -1.77. The van der Waals surface area contributed by atoms with E-state index in [1.807, 2.05) is 13.0 Å². The predicted octanol–water partition coefficient (Wildman–Crippen LogP) is 4.02. The fourth-order valence-corrected chi connectivity index (χ4v) is 2.35. The number of carboxylic acids is 1. The first kappa shape index (κ1) is 12.7. The van der Waals surface area contributed by atoms with E-state index in [0.29, 0.717) is 6.42 Å². The number of carbonyl (C=O) groups is 1. The van der Waals surface area contributed by atoms with Gasteiger partial charge < -0.3 is 9.52 Å². The molecule has 1 heterocycles. The molecule has 0 bridgehead atoms. The van der Waals surface area contributed by atoms with E-state index in [-0.39, 0.29) is 12.3 Å². The standard InChI is InChI=1S/C15H18O3/c1-9(4-5-15(16)17)12-7-14-13(6-10(12)2)11(3)8-18-14/h6-9H,4-5H2,1-3H3,(H,16,17)/t9-/m1/s1. The van der Waals surface area contributed by atoms with Crippen LogP contribution < -0.4 is 0 Å². The summed E-state index contributed by atoms with van der Waals surface area (Å²) >= 11 is 0. The van der Waals surface area contributed by atoms with Crippen molar-refractivity contribution in [2.45, 2.75) is 39.5 Å². The largest absolute Gasteiger partial charge is 0.481 e. The van der Waals surface area contributed by atoms with Crippen LogP contribution in [0.15, 0.2) is 22.8 Å². The van der Waals surface area contributed by atoms with Gasteiger partial charge >= 0.3 is 5.97 Å². The van der Waals surface area contributed by atoms with E-state index in [1.54, 1.807) is 6.26 Å². The number of aryl methyl sites for hydroxylation is 2. The van der Waals surface area contributed by atoms with Crippen molar-refractivity contribution in [3.63, 3.8) is 0 Å². The molecule has 2 aromatic rings. The summed E-state index contributed by atoms with van der Waals surface area (Å²) in [5, 5.41) is 9.88.